The molecule has 1 aliphatic heterocycles. The summed E-state index contributed by atoms with van der Waals surface area (Å²) in [4.78, 5) is 18.0. The molecule has 0 saturated carbocycles. The first kappa shape index (κ1) is 23.0. The standard InChI is InChI=1S/C31H23FN4O3/c1-16-6-8-17(9-7-16)30-28(31(37)34-2)20-12-19(22(33)14-27(20)39-30)23-10-11-26-29(35-23)25-13-18-21(32)4-3-5-24(18)36(25)15-38-26/h3-14H,15,33H2,1-2H3,(H,34,37). The van der Waals surface area contributed by atoms with Crippen molar-refractivity contribution < 1.29 is 18.3 Å². The van der Waals surface area contributed by atoms with Gasteiger partial charge in [-0.3, -0.25) is 4.79 Å². The zero-order valence-corrected chi connectivity index (χ0v) is 21.2. The average Bonchev–Trinajstić information content (AvgIpc) is 3.52. The molecule has 0 aliphatic carbocycles. The van der Waals surface area contributed by atoms with Crippen molar-refractivity contribution >= 4 is 33.5 Å². The summed E-state index contributed by atoms with van der Waals surface area (Å²) in [5, 5.41) is 3.86. The first-order valence-electron chi connectivity index (χ1n) is 12.5. The second kappa shape index (κ2) is 8.46. The predicted octanol–water partition coefficient (Wildman–Crippen LogP) is 6.52. The molecule has 0 bridgehead atoms. The van der Waals surface area contributed by atoms with Crippen LogP contribution in [0, 0.1) is 12.7 Å². The maximum absolute atomic E-state index is 14.5. The number of pyridine rings is 1. The number of nitrogen functional groups attached to an aromatic ring is 1. The average molecular weight is 519 g/mol. The zero-order valence-electron chi connectivity index (χ0n) is 21.2. The van der Waals surface area contributed by atoms with E-state index >= 15 is 0 Å². The summed E-state index contributed by atoms with van der Waals surface area (Å²) in [7, 11) is 1.59. The van der Waals surface area contributed by atoms with E-state index in [4.69, 9.17) is 19.9 Å². The normalized spacial score (nSPS) is 12.3. The Labute approximate surface area is 222 Å². The molecule has 0 atom stereocenters. The molecular formula is C31H23FN4O3. The van der Waals surface area contributed by atoms with Gasteiger partial charge in [0.25, 0.3) is 5.91 Å². The molecule has 1 aliphatic rings. The number of rotatable bonds is 3. The van der Waals surface area contributed by atoms with Gasteiger partial charge in [-0.15, -0.1) is 0 Å². The third kappa shape index (κ3) is 3.49. The molecule has 0 radical (unpaired) electrons. The maximum atomic E-state index is 14.5. The molecule has 3 N–H and O–H groups in total. The van der Waals surface area contributed by atoms with Crippen LogP contribution >= 0.6 is 0 Å². The van der Waals surface area contributed by atoms with Gasteiger partial charge in [-0.05, 0) is 43.3 Å². The van der Waals surface area contributed by atoms with E-state index in [9.17, 15) is 9.18 Å². The highest BCUT2D eigenvalue weighted by atomic mass is 19.1. The van der Waals surface area contributed by atoms with Crippen LogP contribution in [-0.4, -0.2) is 22.5 Å². The molecule has 192 valence electrons. The van der Waals surface area contributed by atoms with Crippen molar-refractivity contribution in [2.75, 3.05) is 12.8 Å². The maximum Gasteiger partial charge on any atom is 0.255 e. The fraction of sp³-hybridized carbons (Fsp3) is 0.0968. The van der Waals surface area contributed by atoms with Crippen LogP contribution < -0.4 is 15.8 Å². The van der Waals surface area contributed by atoms with Gasteiger partial charge in [0.1, 0.15) is 28.6 Å². The first-order chi connectivity index (χ1) is 18.9. The van der Waals surface area contributed by atoms with Crippen LogP contribution in [0.15, 0.2) is 77.2 Å². The SMILES string of the molecule is CNC(=O)c1c(-c2ccc(C)cc2)oc2cc(N)c(-c3ccc4c(n3)-c3cc5c(F)cccc5n3CO4)cc12. The molecule has 7 rings (SSSR count). The fourth-order valence-corrected chi connectivity index (χ4v) is 5.25. The van der Waals surface area contributed by atoms with E-state index in [1.54, 1.807) is 25.2 Å². The van der Waals surface area contributed by atoms with Gasteiger partial charge in [0.2, 0.25) is 0 Å². The number of nitrogens with zero attached hydrogens (tertiary/aromatic N) is 2. The van der Waals surface area contributed by atoms with Crippen LogP contribution in [-0.2, 0) is 6.73 Å². The Kier molecular flexibility index (Phi) is 5.00. The quantitative estimate of drug-likeness (QED) is 0.260. The molecule has 4 heterocycles. The van der Waals surface area contributed by atoms with Gasteiger partial charge in [-0.25, -0.2) is 9.37 Å². The summed E-state index contributed by atoms with van der Waals surface area (Å²) in [6.45, 7) is 2.26. The van der Waals surface area contributed by atoms with E-state index in [0.29, 0.717) is 56.1 Å². The van der Waals surface area contributed by atoms with E-state index in [1.165, 1.54) is 6.07 Å². The van der Waals surface area contributed by atoms with Gasteiger partial charge in [-0.2, -0.15) is 0 Å². The number of carbonyl (C=O) groups excluding carboxylic acids is 1. The number of amides is 1. The smallest absolute Gasteiger partial charge is 0.255 e. The highest BCUT2D eigenvalue weighted by Gasteiger charge is 2.26. The minimum atomic E-state index is -0.298. The highest BCUT2D eigenvalue weighted by Crippen LogP contribution is 2.42. The Bertz CT molecular complexity index is 1950. The Morgan fingerprint density at radius 3 is 2.67 bits per heavy atom. The van der Waals surface area contributed by atoms with Crippen molar-refractivity contribution in [2.24, 2.45) is 0 Å². The van der Waals surface area contributed by atoms with Crippen LogP contribution in [0.1, 0.15) is 15.9 Å². The molecule has 0 fully saturated rings. The van der Waals surface area contributed by atoms with Gasteiger partial charge >= 0.3 is 0 Å². The molecule has 0 spiro atoms. The van der Waals surface area contributed by atoms with Gasteiger partial charge in [0.05, 0.1) is 22.5 Å². The van der Waals surface area contributed by atoms with Crippen LogP contribution in [0.25, 0.3) is 55.8 Å². The number of benzene rings is 3. The number of ether oxygens (including phenoxy) is 1. The molecule has 8 heteroatoms. The van der Waals surface area contributed by atoms with Crippen molar-refractivity contribution in [1.29, 1.82) is 0 Å². The number of furan rings is 1. The lowest BCUT2D eigenvalue weighted by Gasteiger charge is -2.21. The molecule has 6 aromatic rings. The van der Waals surface area contributed by atoms with Crippen molar-refractivity contribution in [1.82, 2.24) is 14.9 Å². The van der Waals surface area contributed by atoms with E-state index in [1.807, 2.05) is 60.0 Å². The van der Waals surface area contributed by atoms with E-state index in [-0.39, 0.29) is 18.5 Å². The van der Waals surface area contributed by atoms with Gasteiger partial charge in [0, 0.05) is 40.7 Å². The Morgan fingerprint density at radius 1 is 1.05 bits per heavy atom. The molecular weight excluding hydrogens is 495 g/mol. The summed E-state index contributed by atoms with van der Waals surface area (Å²) in [6.07, 6.45) is 0. The predicted molar refractivity (Wildman–Crippen MR) is 149 cm³/mol. The van der Waals surface area contributed by atoms with Gasteiger partial charge in [0.15, 0.2) is 6.73 Å². The summed E-state index contributed by atoms with van der Waals surface area (Å²) in [5.74, 6) is 0.510. The summed E-state index contributed by atoms with van der Waals surface area (Å²) < 4.78 is 28.6. The third-order valence-electron chi connectivity index (χ3n) is 7.25. The first-order valence-corrected chi connectivity index (χ1v) is 12.5. The minimum Gasteiger partial charge on any atom is -0.470 e. The Balaban J connectivity index is 1.42. The second-order valence-electron chi connectivity index (χ2n) is 9.63. The molecule has 0 saturated heterocycles. The van der Waals surface area contributed by atoms with Crippen LogP contribution in [0.2, 0.25) is 0 Å². The number of nitrogens with one attached hydrogen (secondary N) is 1. The lowest BCUT2D eigenvalue weighted by atomic mass is 10.0. The van der Waals surface area contributed by atoms with E-state index in [0.717, 1.165) is 22.3 Å². The number of anilines is 1. The van der Waals surface area contributed by atoms with Crippen molar-refractivity contribution in [2.45, 2.75) is 13.7 Å². The molecule has 3 aromatic heterocycles. The second-order valence-corrected chi connectivity index (χ2v) is 9.63. The number of aryl methyl sites for hydroxylation is 1. The molecule has 7 nitrogen and oxygen atoms in total. The number of hydrogen-bond donors (Lipinski definition) is 2. The third-order valence-corrected chi connectivity index (χ3v) is 7.25. The van der Waals surface area contributed by atoms with Gasteiger partial charge < -0.3 is 24.8 Å². The fourth-order valence-electron chi connectivity index (χ4n) is 5.25. The lowest BCUT2D eigenvalue weighted by Crippen LogP contribution is -2.18. The number of carbonyl (C=O) groups is 1. The van der Waals surface area contributed by atoms with Crippen molar-refractivity contribution in [3.05, 3.63) is 89.7 Å². The number of hydrogen-bond acceptors (Lipinski definition) is 5. The van der Waals surface area contributed by atoms with E-state index < -0.39 is 0 Å². The number of halogens is 1. The van der Waals surface area contributed by atoms with Crippen molar-refractivity contribution in [3.63, 3.8) is 0 Å². The largest absolute Gasteiger partial charge is 0.470 e. The summed E-state index contributed by atoms with van der Waals surface area (Å²) in [5.41, 5.74) is 13.1. The number of nitrogens with two attached hydrogens (primary N) is 1. The summed E-state index contributed by atoms with van der Waals surface area (Å²) in [6, 6.07) is 21.8. The van der Waals surface area contributed by atoms with Crippen LogP contribution in [0.3, 0.4) is 0 Å². The molecule has 39 heavy (non-hydrogen) atoms. The molecule has 0 unspecified atom stereocenters. The Hall–Kier alpha value is -5.11. The minimum absolute atomic E-state index is 0.261. The summed E-state index contributed by atoms with van der Waals surface area (Å²) >= 11 is 0. The monoisotopic (exact) mass is 518 g/mol. The van der Waals surface area contributed by atoms with Gasteiger partial charge in [-0.1, -0.05) is 35.9 Å². The molecule has 3 aromatic carbocycles. The van der Waals surface area contributed by atoms with Crippen LogP contribution in [0.5, 0.6) is 5.75 Å². The number of aromatic nitrogens is 2. The van der Waals surface area contributed by atoms with Crippen LogP contribution in [0.4, 0.5) is 10.1 Å². The Morgan fingerprint density at radius 2 is 1.87 bits per heavy atom. The highest BCUT2D eigenvalue weighted by molar-refractivity contribution is 6.12. The lowest BCUT2D eigenvalue weighted by molar-refractivity contribution is 0.0964. The molecule has 1 amide bonds. The van der Waals surface area contributed by atoms with Crippen molar-refractivity contribution in [3.8, 4) is 39.7 Å². The number of fused-ring (bicyclic) bond motifs is 6. The topological polar surface area (TPSA) is 95.3 Å². The van der Waals surface area contributed by atoms with E-state index in [2.05, 4.69) is 5.32 Å². The zero-order chi connectivity index (χ0) is 26.8.